The van der Waals surface area contributed by atoms with E-state index in [-0.39, 0.29) is 68.6 Å². The highest BCUT2D eigenvalue weighted by atomic mass is 16.7. The van der Waals surface area contributed by atoms with Gasteiger partial charge in [0.1, 0.15) is 65.7 Å². The molecule has 664 valence electrons. The molecule has 6 aliphatic heterocycles. The minimum absolute atomic E-state index is 0.108. The molecule has 36 atom stereocenters. The zero-order valence-electron chi connectivity index (χ0n) is 73.5. The van der Waals surface area contributed by atoms with Gasteiger partial charge in [0.05, 0.1) is 95.8 Å². The summed E-state index contributed by atoms with van der Waals surface area (Å²) in [6, 6.07) is 1.93. The molecule has 0 amide bonds. The Labute approximate surface area is 683 Å². The molecule has 6 fully saturated rings. The summed E-state index contributed by atoms with van der Waals surface area (Å²) >= 11 is 0. The monoisotopic (exact) mass is 1640 g/mol. The molecule has 8 rings (SSSR count). The first-order valence-corrected chi connectivity index (χ1v) is 41.8. The molecular weight excluding hydrogens is 1490 g/mol. The molecule has 0 bridgehead atoms. The number of hydrogen-bond donors (Lipinski definition) is 11. The average Bonchev–Trinajstić information content (AvgIpc) is 1.62. The fourth-order valence-corrected chi connectivity index (χ4v) is 18.7. The summed E-state index contributed by atoms with van der Waals surface area (Å²) in [4.78, 5) is 38.6. The van der Waals surface area contributed by atoms with Crippen LogP contribution in [0.3, 0.4) is 0 Å². The number of carbonyl (C=O) groups is 2. The predicted octanol–water partition coefficient (Wildman–Crippen LogP) is 4.18. The molecule has 0 unspecified atom stereocenters. The van der Waals surface area contributed by atoms with E-state index in [0.29, 0.717) is 44.7 Å². The van der Waals surface area contributed by atoms with Crippen molar-refractivity contribution in [1.82, 2.24) is 40.0 Å². The zero-order chi connectivity index (χ0) is 86.3. The highest BCUT2D eigenvalue weighted by molar-refractivity contribution is 5.73. The molecule has 115 heavy (non-hydrogen) atoms. The molecule has 0 spiro atoms. The van der Waals surface area contributed by atoms with E-state index < -0.39 is 198 Å². The van der Waals surface area contributed by atoms with E-state index in [1.807, 2.05) is 95.7 Å². The van der Waals surface area contributed by atoms with Crippen molar-refractivity contribution in [3.8, 4) is 11.3 Å². The smallest absolute Gasteiger partial charge is 0.311 e. The van der Waals surface area contributed by atoms with Gasteiger partial charge in [-0.3, -0.25) is 24.2 Å². The van der Waals surface area contributed by atoms with Gasteiger partial charge < -0.3 is 123 Å². The van der Waals surface area contributed by atoms with Crippen LogP contribution in [0, 0.1) is 35.5 Å². The van der Waals surface area contributed by atoms with E-state index in [1.165, 1.54) is 28.1 Å². The first-order chi connectivity index (χ1) is 53.5. The maximum atomic E-state index is 14.4. The number of nitrogens with zero attached hydrogens (tertiary/aromatic N) is 7. The van der Waals surface area contributed by atoms with Crippen LogP contribution in [-0.4, -0.2) is 340 Å². The predicted molar refractivity (Wildman–Crippen MR) is 426 cm³/mol. The number of nitrogens with one attached hydrogen (secondary N) is 1. The van der Waals surface area contributed by atoms with Crippen LogP contribution >= 0.6 is 0 Å². The van der Waals surface area contributed by atoms with Gasteiger partial charge in [-0.25, -0.2) is 0 Å². The summed E-state index contributed by atoms with van der Waals surface area (Å²) in [5, 5.41) is 129. The highest BCUT2D eigenvalue weighted by Gasteiger charge is 2.56. The number of esters is 2. The summed E-state index contributed by atoms with van der Waals surface area (Å²) in [6.45, 7) is 37.0. The Morgan fingerprint density at radius 1 is 0.591 bits per heavy atom. The lowest BCUT2D eigenvalue weighted by Gasteiger charge is -2.49. The second-order valence-corrected chi connectivity index (χ2v) is 36.3. The van der Waals surface area contributed by atoms with Gasteiger partial charge in [0, 0.05) is 101 Å². The summed E-state index contributed by atoms with van der Waals surface area (Å²) in [5.41, 5.74) is -7.31. The van der Waals surface area contributed by atoms with Crippen LogP contribution in [0.2, 0.25) is 0 Å². The average molecular weight is 1640 g/mol. The van der Waals surface area contributed by atoms with Gasteiger partial charge in [0.15, 0.2) is 25.2 Å². The fourth-order valence-electron chi connectivity index (χ4n) is 18.7. The third kappa shape index (κ3) is 23.6. The lowest BCUT2D eigenvalue weighted by Crippen LogP contribution is -2.61. The Kier molecular flexibility index (Phi) is 35.0. The quantitative estimate of drug-likeness (QED) is 0.0932. The Bertz CT molecular complexity index is 3300. The largest absolute Gasteiger partial charge is 0.459 e. The Morgan fingerprint density at radius 2 is 1.02 bits per heavy atom. The number of hydrogen-bond acceptors (Lipinski definition) is 31. The Hall–Kier alpha value is -3.73. The summed E-state index contributed by atoms with van der Waals surface area (Å²) < 4.78 is 77.3. The lowest BCUT2D eigenvalue weighted by atomic mass is 9.77. The number of carbonyl (C=O) groups excluding carboxylic acids is 2. The minimum atomic E-state index is -1.83. The number of aromatic nitrogens is 4. The summed E-state index contributed by atoms with van der Waals surface area (Å²) in [6.07, 6.45) is -11.9. The third-order valence-corrected chi connectivity index (χ3v) is 26.2. The van der Waals surface area contributed by atoms with Crippen molar-refractivity contribution in [2.45, 2.75) is 377 Å². The number of aliphatic hydroxyl groups excluding tert-OH is 6. The molecule has 32 heteroatoms. The van der Waals surface area contributed by atoms with E-state index in [9.17, 15) is 60.7 Å². The van der Waals surface area contributed by atoms with Crippen LogP contribution in [0.5, 0.6) is 0 Å². The van der Waals surface area contributed by atoms with Crippen molar-refractivity contribution in [3.05, 3.63) is 30.7 Å². The van der Waals surface area contributed by atoms with Crippen LogP contribution in [0.4, 0.5) is 0 Å². The summed E-state index contributed by atoms with van der Waals surface area (Å²) in [7, 11) is 10.4. The number of pyridine rings is 1. The molecule has 8 heterocycles. The maximum absolute atomic E-state index is 14.4. The molecule has 0 radical (unpaired) electrons. The highest BCUT2D eigenvalue weighted by Crippen LogP contribution is 2.44. The van der Waals surface area contributed by atoms with Crippen LogP contribution < -0.4 is 5.32 Å². The number of aliphatic hydroxyl groups is 10. The fraction of sp³-hybridized carbons (Fsp3) is 0.892. The van der Waals surface area contributed by atoms with E-state index in [0.717, 1.165) is 5.56 Å². The molecule has 2 aromatic heterocycles. The van der Waals surface area contributed by atoms with Crippen LogP contribution in [0.25, 0.3) is 11.3 Å². The van der Waals surface area contributed by atoms with Crippen molar-refractivity contribution in [2.24, 2.45) is 35.5 Å². The van der Waals surface area contributed by atoms with Gasteiger partial charge >= 0.3 is 11.9 Å². The second kappa shape index (κ2) is 41.0. The molecule has 11 N–H and O–H groups in total. The number of likely N-dealkylation sites (N-methyl/N-ethyl adjacent to an activating group) is 4. The maximum Gasteiger partial charge on any atom is 0.311 e. The molecule has 0 aliphatic carbocycles. The van der Waals surface area contributed by atoms with Gasteiger partial charge in [0.2, 0.25) is 0 Å². The Balaban J connectivity index is 0.000000327. The minimum Gasteiger partial charge on any atom is -0.459 e. The van der Waals surface area contributed by atoms with E-state index in [1.54, 1.807) is 107 Å². The molecule has 2 aromatic rings. The van der Waals surface area contributed by atoms with E-state index in [4.69, 9.17) is 56.8 Å². The molecular formula is C83H148N8O24. The van der Waals surface area contributed by atoms with Crippen molar-refractivity contribution in [1.29, 1.82) is 0 Å². The van der Waals surface area contributed by atoms with Gasteiger partial charge in [-0.15, -0.1) is 5.10 Å². The van der Waals surface area contributed by atoms with Gasteiger partial charge in [-0.05, 0) is 188 Å². The van der Waals surface area contributed by atoms with Gasteiger partial charge in [-0.1, -0.05) is 46.8 Å². The zero-order valence-corrected chi connectivity index (χ0v) is 73.5. The molecule has 32 nitrogen and oxygen atoms in total. The third-order valence-electron chi connectivity index (χ3n) is 26.2. The molecule has 6 saturated heterocycles. The van der Waals surface area contributed by atoms with Crippen molar-refractivity contribution in [3.63, 3.8) is 0 Å². The second-order valence-electron chi connectivity index (χ2n) is 36.3. The van der Waals surface area contributed by atoms with Crippen LogP contribution in [0.15, 0.2) is 30.7 Å². The number of ether oxygens (including phenoxy) is 12. The molecule has 0 saturated carbocycles. The van der Waals surface area contributed by atoms with Crippen LogP contribution in [0.1, 0.15) is 190 Å². The molecule has 6 aliphatic rings. The first-order valence-electron chi connectivity index (χ1n) is 41.8. The van der Waals surface area contributed by atoms with Gasteiger partial charge in [-0.2, -0.15) is 0 Å². The number of rotatable bonds is 18. The van der Waals surface area contributed by atoms with Crippen molar-refractivity contribution < 1.29 is 117 Å². The lowest BCUT2D eigenvalue weighted by molar-refractivity contribution is -0.318. The normalized spacial score (nSPS) is 45.9. The molecule has 0 aromatic carbocycles. The topological polar surface area (TPSA) is 413 Å². The number of cyclic esters (lactones) is 2. The Morgan fingerprint density at radius 3 is 1.42 bits per heavy atom. The van der Waals surface area contributed by atoms with E-state index in [2.05, 4.69) is 20.6 Å². The summed E-state index contributed by atoms with van der Waals surface area (Å²) in [5.74, 6) is -5.33. The van der Waals surface area contributed by atoms with Crippen molar-refractivity contribution >= 4 is 11.9 Å². The van der Waals surface area contributed by atoms with Crippen LogP contribution in [-0.2, 0) is 73.0 Å². The van der Waals surface area contributed by atoms with Gasteiger partial charge in [0.25, 0.3) is 0 Å². The standard InChI is InChI=1S/C46H78N6O12.C37H70N2O12/c1-14-35-46(10,58)39(54)30(6)51(12)24-26(2)21-44(8,57)41(28(4)38(29(5)42(56)62-35)63-36-22-45(9,59-13)40(55)31(7)61-36)64-43-37(53)34(20-27(3)60-43)50(11)18-19-52-25-33(48-49-52)32-16-15-17-47-23-32;1-14-26-37(10,45)30(41)23(6)39(12)18-19(2)16-35(8,44)32(51-34-28(40)25(38-11)15-20(3)47-34)21(4)29(22(5)33(43)49-26)50-27-17-36(9,46-13)31(42)24(7)48-27/h15-17,23,25-31,34-41,43,53-55,57-58H,14,18-22,24H2,1-13H3;19-32,34,38,40-42,44-45H,14-18H2,1-13H3/t26-,27-,28+,29-,30-,31+,34+,35-,36+,37-,38+,39-,40+,41-,43+,44-,45-,46-;19-,20-,21+,22-,23-,24+,25+,26-,27+,28-,29+,30-,31+,32-,34+,35-,36-,37-/m11/s1. The van der Waals surface area contributed by atoms with Crippen molar-refractivity contribution in [2.75, 3.05) is 62.0 Å². The van der Waals surface area contributed by atoms with E-state index >= 15 is 0 Å². The SMILES string of the molecule is CC[C@H]1OC(=O)[C@H](C)[C@@H](O[C@H]2C[C@@](C)(OC)[C@@H](O)[C@H](C)O2)[C@H](C)[C@@H](O[C@@H]2O[C@H](C)C[C@H](N(C)CCn3cc(-c4cccnc4)nn3)[C@H]2O)[C@](C)(O)C[C@@H](C)CN(C)[C@H](C)[C@@H](O)[C@]1(C)O.CC[C@H]1OC(=O)[C@H](C)[C@@H](O[C@H]2C[C@@](C)(OC)[C@@H](O)[C@H](C)O2)[C@H](C)[C@@H](O[C@@H]2O[C@H](C)C[C@H](NC)[C@H]2O)[C@](C)(O)C[C@@H](C)CN(C)[C@H](C)[C@@H](O)[C@]1(C)O. The number of methoxy groups -OCH3 is 2. The first kappa shape index (κ1) is 98.4.